The molecule has 6 aliphatic rings. The Bertz CT molecular complexity index is 968. The predicted octanol–water partition coefficient (Wildman–Crippen LogP) is 1.96. The lowest BCUT2D eigenvalue weighted by atomic mass is 9.60. The summed E-state index contributed by atoms with van der Waals surface area (Å²) in [5.74, 6) is 4.12. The van der Waals surface area contributed by atoms with Gasteiger partial charge in [0.15, 0.2) is 0 Å². The van der Waals surface area contributed by atoms with Gasteiger partial charge in [0.25, 0.3) is 0 Å². The van der Waals surface area contributed by atoms with Gasteiger partial charge >= 0.3 is 0 Å². The van der Waals surface area contributed by atoms with E-state index in [1.807, 2.05) is 0 Å². The lowest BCUT2D eigenvalue weighted by molar-refractivity contribution is 0.0317. The summed E-state index contributed by atoms with van der Waals surface area (Å²) in [5.41, 5.74) is 7.32. The number of fused-ring (bicyclic) bond motifs is 3. The fourth-order valence-corrected chi connectivity index (χ4v) is 10.6. The maximum atomic E-state index is 12.0. The largest absolute Gasteiger partial charge is 0.598 e. The lowest BCUT2D eigenvalue weighted by Gasteiger charge is -2.51. The number of piperazine rings is 1. The van der Waals surface area contributed by atoms with Crippen LogP contribution < -0.4 is 21.5 Å². The second-order valence-corrected chi connectivity index (χ2v) is 16.7. The molecule has 4 aliphatic heterocycles. The number of hydrogen-bond acceptors (Lipinski definition) is 8. The van der Waals surface area contributed by atoms with Crippen molar-refractivity contribution in [2.45, 2.75) is 89.4 Å². The zero-order valence-corrected chi connectivity index (χ0v) is 25.8. The van der Waals surface area contributed by atoms with E-state index in [0.717, 1.165) is 44.6 Å². The van der Waals surface area contributed by atoms with Crippen LogP contribution in [0.4, 0.5) is 0 Å². The van der Waals surface area contributed by atoms with Crippen molar-refractivity contribution in [3.63, 3.8) is 0 Å². The predicted molar refractivity (Wildman–Crippen MR) is 157 cm³/mol. The van der Waals surface area contributed by atoms with Gasteiger partial charge in [-0.25, -0.2) is 0 Å². The zero-order chi connectivity index (χ0) is 28.1. The van der Waals surface area contributed by atoms with Crippen LogP contribution in [-0.4, -0.2) is 90.0 Å². The third-order valence-electron chi connectivity index (χ3n) is 12.2. The van der Waals surface area contributed by atoms with E-state index in [9.17, 15) is 14.0 Å². The normalized spacial score (nSPS) is 45.2. The molecule has 6 rings (SSSR count). The van der Waals surface area contributed by atoms with Gasteiger partial charge in [-0.2, -0.15) is 5.26 Å². The molecule has 2 aliphatic carbocycles. The molecule has 2 saturated carbocycles. The summed E-state index contributed by atoms with van der Waals surface area (Å²) in [6, 6.07) is 4.80. The summed E-state index contributed by atoms with van der Waals surface area (Å²) in [7, 11) is -3.09. The van der Waals surface area contributed by atoms with Crippen LogP contribution in [0.3, 0.4) is 0 Å². The van der Waals surface area contributed by atoms with E-state index in [-0.39, 0.29) is 5.41 Å². The third-order valence-corrected chi connectivity index (χ3v) is 13.5. The van der Waals surface area contributed by atoms with Crippen molar-refractivity contribution >= 4 is 10.4 Å². The molecule has 10 heteroatoms. The molecule has 0 aromatic rings. The van der Waals surface area contributed by atoms with Gasteiger partial charge in [0.1, 0.15) is 16.7 Å². The summed E-state index contributed by atoms with van der Waals surface area (Å²) in [6.45, 7) is 10.4. The number of piperidine rings is 2. The molecular weight excluding hydrogens is 522 g/mol. The fourth-order valence-electron chi connectivity index (χ4n) is 9.74. The van der Waals surface area contributed by atoms with Crippen molar-refractivity contribution in [3.8, 4) is 6.07 Å². The second kappa shape index (κ2) is 11.8. The van der Waals surface area contributed by atoms with Crippen molar-refractivity contribution in [1.29, 1.82) is 5.26 Å². The maximum absolute atomic E-state index is 12.0. The fraction of sp³-hybridized carbons (Fsp3) is 0.967. The molecule has 0 bridgehead atoms. The summed E-state index contributed by atoms with van der Waals surface area (Å²) in [5, 5.41) is 17.4. The molecule has 0 radical (unpaired) electrons. The van der Waals surface area contributed by atoms with Crippen molar-refractivity contribution in [2.75, 3.05) is 52.1 Å². The van der Waals surface area contributed by atoms with E-state index in [1.165, 1.54) is 57.6 Å². The number of hydrazine groups is 1. The molecule has 0 amide bonds. The number of rotatable bonds is 5. The number of nitriles is 1. The summed E-state index contributed by atoms with van der Waals surface area (Å²) in [6.07, 6.45) is 11.4. The first-order valence-corrected chi connectivity index (χ1v) is 18.0. The molecule has 9 atom stereocenters. The van der Waals surface area contributed by atoms with Gasteiger partial charge in [0.05, 0.1) is 24.6 Å². The molecule has 0 aromatic heterocycles. The van der Waals surface area contributed by atoms with Crippen molar-refractivity contribution in [1.82, 2.24) is 30.7 Å². The van der Waals surface area contributed by atoms with Crippen LogP contribution in [0.25, 0.3) is 0 Å². The SMILES string of the molecule is CC(C)(C#N)C1CCC(C2NNC3CNC4CCC(C5CNCC(N6CCN([S+](C)(=O)[O-])CC6)C5)CC4C32)CC1. The smallest absolute Gasteiger partial charge is 0.122 e. The molecular formula is C30H53N7O2S. The van der Waals surface area contributed by atoms with E-state index in [4.69, 9.17) is 0 Å². The van der Waals surface area contributed by atoms with Crippen LogP contribution in [0.2, 0.25) is 0 Å². The Hall–Kier alpha value is -0.640. The van der Waals surface area contributed by atoms with Crippen LogP contribution in [0.1, 0.15) is 65.2 Å². The van der Waals surface area contributed by atoms with E-state index in [0.29, 0.717) is 60.9 Å². The monoisotopic (exact) mass is 575 g/mol. The average molecular weight is 576 g/mol. The molecule has 4 heterocycles. The van der Waals surface area contributed by atoms with E-state index in [2.05, 4.69) is 46.3 Å². The molecule has 6 fully saturated rings. The third kappa shape index (κ3) is 5.92. The Labute approximate surface area is 243 Å². The molecule has 9 unspecified atom stereocenters. The quantitative estimate of drug-likeness (QED) is 0.368. The minimum absolute atomic E-state index is 0.210. The maximum Gasteiger partial charge on any atom is 0.122 e. The first-order valence-electron chi connectivity index (χ1n) is 16.2. The molecule has 9 nitrogen and oxygen atoms in total. The highest BCUT2D eigenvalue weighted by atomic mass is 32.3. The minimum Gasteiger partial charge on any atom is -0.598 e. The first kappa shape index (κ1) is 29.4. The van der Waals surface area contributed by atoms with Gasteiger partial charge in [-0.1, -0.05) is 4.21 Å². The van der Waals surface area contributed by atoms with Gasteiger partial charge in [-0.3, -0.25) is 15.8 Å². The molecule has 0 aromatic carbocycles. The van der Waals surface area contributed by atoms with E-state index in [1.54, 1.807) is 4.31 Å². The van der Waals surface area contributed by atoms with Crippen LogP contribution in [0, 0.1) is 52.3 Å². The molecule has 4 N–H and O–H groups in total. The van der Waals surface area contributed by atoms with Crippen molar-refractivity contribution in [2.24, 2.45) is 40.9 Å². The van der Waals surface area contributed by atoms with Crippen LogP contribution in [-0.2, 0) is 14.6 Å². The highest BCUT2D eigenvalue weighted by Gasteiger charge is 2.52. The molecule has 0 spiro atoms. The van der Waals surface area contributed by atoms with Crippen molar-refractivity contribution < 1.29 is 8.76 Å². The summed E-state index contributed by atoms with van der Waals surface area (Å²) in [4.78, 5) is 2.55. The number of nitrogens with one attached hydrogen (secondary N) is 4. The van der Waals surface area contributed by atoms with E-state index < -0.39 is 10.4 Å². The van der Waals surface area contributed by atoms with Gasteiger partial charge < -0.3 is 15.2 Å². The lowest BCUT2D eigenvalue weighted by Crippen LogP contribution is -2.60. The number of sulfonamides is 1. The molecule has 40 heavy (non-hydrogen) atoms. The van der Waals surface area contributed by atoms with Crippen LogP contribution >= 0.6 is 0 Å². The Morgan fingerprint density at radius 1 is 0.875 bits per heavy atom. The molecule has 4 saturated heterocycles. The number of hydrogen-bond donors (Lipinski definition) is 4. The Kier molecular flexibility index (Phi) is 8.68. The summed E-state index contributed by atoms with van der Waals surface area (Å²) < 4.78 is 25.6. The first-order chi connectivity index (χ1) is 19.1. The standard InChI is InChI=1S/C30H53N7O2S/c1-30(2,19-31)23-7-4-20(5-8-23)29-28-25-15-21(6-9-26(25)33-18-27(28)34-35-29)22-14-24(17-32-16-22)36-10-12-37(13-11-36)40(3,38)39/h20-29,32-35H,4-18H2,1-3H3. The minimum atomic E-state index is -3.09. The Morgan fingerprint density at radius 2 is 1.60 bits per heavy atom. The highest BCUT2D eigenvalue weighted by molar-refractivity contribution is 7.94. The highest BCUT2D eigenvalue weighted by Crippen LogP contribution is 2.48. The Balaban J connectivity index is 1.07. The van der Waals surface area contributed by atoms with Crippen LogP contribution in [0.5, 0.6) is 0 Å². The van der Waals surface area contributed by atoms with Gasteiger partial charge in [0, 0.05) is 50.3 Å². The van der Waals surface area contributed by atoms with Crippen molar-refractivity contribution in [3.05, 3.63) is 0 Å². The van der Waals surface area contributed by atoms with Gasteiger partial charge in [-0.15, -0.1) is 4.31 Å². The van der Waals surface area contributed by atoms with Gasteiger partial charge in [0.2, 0.25) is 0 Å². The molecule has 226 valence electrons. The van der Waals surface area contributed by atoms with Gasteiger partial charge in [-0.05, 0) is 107 Å². The second-order valence-electron chi connectivity index (χ2n) is 14.7. The Morgan fingerprint density at radius 3 is 2.30 bits per heavy atom. The summed E-state index contributed by atoms with van der Waals surface area (Å²) >= 11 is 0. The van der Waals surface area contributed by atoms with Crippen LogP contribution in [0.15, 0.2) is 0 Å². The topological polar surface area (TPSA) is 119 Å². The average Bonchev–Trinajstić information content (AvgIpc) is 3.41. The zero-order valence-electron chi connectivity index (χ0n) is 24.9. The number of nitrogens with zero attached hydrogens (tertiary/aromatic N) is 3. The van der Waals surface area contributed by atoms with E-state index >= 15 is 0 Å².